The number of nitrogens with one attached hydrogen (secondary N) is 1. The Balaban J connectivity index is 1.71. The summed E-state index contributed by atoms with van der Waals surface area (Å²) in [6.45, 7) is 2.64. The zero-order chi connectivity index (χ0) is 15.1. The van der Waals surface area contributed by atoms with Crippen molar-refractivity contribution in [2.45, 2.75) is 57.5 Å². The third-order valence-corrected chi connectivity index (χ3v) is 4.01. The second kappa shape index (κ2) is 8.03. The maximum Gasteiger partial charge on any atom is 0.220 e. The summed E-state index contributed by atoms with van der Waals surface area (Å²) in [5.74, 6) is 1.02. The molecule has 0 heterocycles. The fourth-order valence-corrected chi connectivity index (χ4v) is 2.74. The molecule has 0 spiro atoms. The fourth-order valence-electron chi connectivity index (χ4n) is 2.74. The lowest BCUT2D eigenvalue weighted by atomic mass is 9.92. The number of carbonyl (C=O) groups is 1. The van der Waals surface area contributed by atoms with Crippen molar-refractivity contribution >= 4 is 5.91 Å². The van der Waals surface area contributed by atoms with Crippen LogP contribution in [0.1, 0.15) is 44.6 Å². The van der Waals surface area contributed by atoms with Gasteiger partial charge >= 0.3 is 0 Å². The van der Waals surface area contributed by atoms with Gasteiger partial charge in [0.2, 0.25) is 5.91 Å². The van der Waals surface area contributed by atoms with Gasteiger partial charge in [0.1, 0.15) is 5.75 Å². The lowest BCUT2D eigenvalue weighted by Gasteiger charge is -2.26. The highest BCUT2D eigenvalue weighted by Crippen LogP contribution is 2.17. The third-order valence-electron chi connectivity index (χ3n) is 4.01. The largest absolute Gasteiger partial charge is 0.494 e. The van der Waals surface area contributed by atoms with E-state index in [9.17, 15) is 4.79 Å². The second-order valence-corrected chi connectivity index (χ2v) is 5.76. The minimum Gasteiger partial charge on any atom is -0.494 e. The molecule has 0 radical (unpaired) electrons. The molecule has 1 aliphatic carbocycles. The number of benzene rings is 1. The molecule has 0 aromatic heterocycles. The summed E-state index contributed by atoms with van der Waals surface area (Å²) >= 11 is 0. The van der Waals surface area contributed by atoms with E-state index in [-0.39, 0.29) is 5.91 Å². The van der Waals surface area contributed by atoms with Crippen LogP contribution in [0.4, 0.5) is 0 Å². The van der Waals surface area contributed by atoms with E-state index >= 15 is 0 Å². The number of hydrogen-bond acceptors (Lipinski definition) is 3. The predicted octanol–water partition coefficient (Wildman–Crippen LogP) is 2.40. The van der Waals surface area contributed by atoms with Gasteiger partial charge in [-0.25, -0.2) is 0 Å². The lowest BCUT2D eigenvalue weighted by molar-refractivity contribution is -0.122. The Hall–Kier alpha value is -1.55. The molecule has 116 valence electrons. The molecule has 1 amide bonds. The Kier molecular flexibility index (Phi) is 6.05. The van der Waals surface area contributed by atoms with Crippen molar-refractivity contribution in [1.82, 2.24) is 5.32 Å². The highest BCUT2D eigenvalue weighted by atomic mass is 16.5. The van der Waals surface area contributed by atoms with E-state index in [0.717, 1.165) is 37.9 Å². The molecule has 1 aromatic rings. The van der Waals surface area contributed by atoms with E-state index in [0.29, 0.717) is 25.1 Å². The Morgan fingerprint density at radius 1 is 1.24 bits per heavy atom. The van der Waals surface area contributed by atoms with Crippen molar-refractivity contribution in [3.63, 3.8) is 0 Å². The molecule has 1 fully saturated rings. The van der Waals surface area contributed by atoms with Gasteiger partial charge in [0, 0.05) is 18.5 Å². The summed E-state index contributed by atoms with van der Waals surface area (Å²) in [4.78, 5) is 12.0. The van der Waals surface area contributed by atoms with E-state index in [4.69, 9.17) is 10.5 Å². The van der Waals surface area contributed by atoms with Crippen LogP contribution in [0, 0.1) is 0 Å². The minimum atomic E-state index is 0.143. The number of rotatable bonds is 6. The highest BCUT2D eigenvalue weighted by Gasteiger charge is 2.19. The SMILES string of the molecule is CCOc1ccc(CCC(=O)NC2CCC(N)CC2)cc1. The van der Waals surface area contributed by atoms with Crippen LogP contribution in [0.5, 0.6) is 5.75 Å². The molecule has 2 rings (SSSR count). The first-order valence-corrected chi connectivity index (χ1v) is 7.94. The van der Waals surface area contributed by atoms with Crippen LogP contribution in [0.25, 0.3) is 0 Å². The van der Waals surface area contributed by atoms with Crippen molar-refractivity contribution in [1.29, 1.82) is 0 Å². The zero-order valence-electron chi connectivity index (χ0n) is 12.8. The molecule has 4 heteroatoms. The topological polar surface area (TPSA) is 64.3 Å². The van der Waals surface area contributed by atoms with Crippen molar-refractivity contribution in [3.05, 3.63) is 29.8 Å². The van der Waals surface area contributed by atoms with Crippen LogP contribution >= 0.6 is 0 Å². The fraction of sp³-hybridized carbons (Fsp3) is 0.588. The van der Waals surface area contributed by atoms with Crippen molar-refractivity contribution < 1.29 is 9.53 Å². The number of nitrogens with two attached hydrogens (primary N) is 1. The number of aryl methyl sites for hydroxylation is 1. The first kappa shape index (κ1) is 15.8. The second-order valence-electron chi connectivity index (χ2n) is 5.76. The molecule has 3 N–H and O–H groups in total. The molecule has 0 atom stereocenters. The summed E-state index contributed by atoms with van der Waals surface area (Å²) in [5.41, 5.74) is 7.04. The monoisotopic (exact) mass is 290 g/mol. The van der Waals surface area contributed by atoms with E-state index in [2.05, 4.69) is 5.32 Å². The van der Waals surface area contributed by atoms with Gasteiger partial charge in [0.15, 0.2) is 0 Å². The Labute approximate surface area is 127 Å². The molecule has 1 aliphatic rings. The van der Waals surface area contributed by atoms with Crippen LogP contribution in [-0.4, -0.2) is 24.6 Å². The van der Waals surface area contributed by atoms with E-state index in [1.54, 1.807) is 0 Å². The number of amides is 1. The summed E-state index contributed by atoms with van der Waals surface area (Å²) in [6, 6.07) is 8.61. The summed E-state index contributed by atoms with van der Waals surface area (Å²) in [7, 11) is 0. The number of ether oxygens (including phenoxy) is 1. The molecule has 4 nitrogen and oxygen atoms in total. The normalized spacial score (nSPS) is 21.8. The van der Waals surface area contributed by atoms with Crippen LogP contribution in [-0.2, 0) is 11.2 Å². The predicted molar refractivity (Wildman–Crippen MR) is 84.3 cm³/mol. The molecular weight excluding hydrogens is 264 g/mol. The van der Waals surface area contributed by atoms with Crippen molar-refractivity contribution in [2.75, 3.05) is 6.61 Å². The Morgan fingerprint density at radius 3 is 2.52 bits per heavy atom. The van der Waals surface area contributed by atoms with Crippen LogP contribution in [0.3, 0.4) is 0 Å². The minimum absolute atomic E-state index is 0.143. The quantitative estimate of drug-likeness (QED) is 0.845. The highest BCUT2D eigenvalue weighted by molar-refractivity contribution is 5.76. The zero-order valence-corrected chi connectivity index (χ0v) is 12.8. The average Bonchev–Trinajstić information content (AvgIpc) is 2.49. The summed E-state index contributed by atoms with van der Waals surface area (Å²) in [6.07, 6.45) is 5.36. The molecule has 0 bridgehead atoms. The first-order valence-electron chi connectivity index (χ1n) is 7.94. The van der Waals surface area contributed by atoms with Gasteiger partial charge < -0.3 is 15.8 Å². The molecule has 0 aliphatic heterocycles. The molecule has 1 saturated carbocycles. The molecule has 1 aromatic carbocycles. The van der Waals surface area contributed by atoms with E-state index in [1.807, 2.05) is 31.2 Å². The van der Waals surface area contributed by atoms with Gasteiger partial charge in [-0.1, -0.05) is 12.1 Å². The molecular formula is C17H26N2O2. The van der Waals surface area contributed by atoms with Crippen LogP contribution < -0.4 is 15.8 Å². The van der Waals surface area contributed by atoms with Gasteiger partial charge in [-0.2, -0.15) is 0 Å². The van der Waals surface area contributed by atoms with Crippen molar-refractivity contribution in [3.8, 4) is 5.75 Å². The number of carbonyl (C=O) groups excluding carboxylic acids is 1. The van der Waals surface area contributed by atoms with E-state index < -0.39 is 0 Å². The smallest absolute Gasteiger partial charge is 0.220 e. The van der Waals surface area contributed by atoms with Gasteiger partial charge in [0.05, 0.1) is 6.61 Å². The molecule has 0 unspecified atom stereocenters. The number of hydrogen-bond donors (Lipinski definition) is 2. The Morgan fingerprint density at radius 2 is 1.90 bits per heavy atom. The van der Waals surface area contributed by atoms with Gasteiger partial charge in [-0.05, 0) is 56.7 Å². The van der Waals surface area contributed by atoms with Gasteiger partial charge in [0.25, 0.3) is 0 Å². The molecule has 0 saturated heterocycles. The van der Waals surface area contributed by atoms with Crippen LogP contribution in [0.2, 0.25) is 0 Å². The summed E-state index contributed by atoms with van der Waals surface area (Å²) in [5, 5.41) is 3.12. The van der Waals surface area contributed by atoms with Gasteiger partial charge in [-0.3, -0.25) is 4.79 Å². The van der Waals surface area contributed by atoms with E-state index in [1.165, 1.54) is 5.56 Å². The molecule has 21 heavy (non-hydrogen) atoms. The van der Waals surface area contributed by atoms with Crippen LogP contribution in [0.15, 0.2) is 24.3 Å². The Bertz CT molecular complexity index is 437. The average molecular weight is 290 g/mol. The maximum absolute atomic E-state index is 12.0. The third kappa shape index (κ3) is 5.38. The van der Waals surface area contributed by atoms with Crippen molar-refractivity contribution in [2.24, 2.45) is 5.73 Å². The summed E-state index contributed by atoms with van der Waals surface area (Å²) < 4.78 is 5.41. The maximum atomic E-state index is 12.0. The first-order chi connectivity index (χ1) is 10.2. The standard InChI is InChI=1S/C17H26N2O2/c1-2-21-16-10-3-13(4-11-16)5-12-17(20)19-15-8-6-14(18)7-9-15/h3-4,10-11,14-15H,2,5-9,12,18H2,1H3,(H,19,20). The lowest BCUT2D eigenvalue weighted by Crippen LogP contribution is -2.40. The van der Waals surface area contributed by atoms with Gasteiger partial charge in [-0.15, -0.1) is 0 Å².